The van der Waals surface area contributed by atoms with Crippen LogP contribution >= 0.6 is 11.8 Å². The molecule has 26 heavy (non-hydrogen) atoms. The van der Waals surface area contributed by atoms with Crippen LogP contribution in [0, 0.1) is 5.82 Å². The van der Waals surface area contributed by atoms with Gasteiger partial charge in [-0.15, -0.1) is 0 Å². The van der Waals surface area contributed by atoms with Gasteiger partial charge in [0.1, 0.15) is 5.82 Å². The zero-order valence-electron chi connectivity index (χ0n) is 17.9. The van der Waals surface area contributed by atoms with Gasteiger partial charge in [0, 0.05) is 17.8 Å². The number of benzene rings is 1. The maximum atomic E-state index is 13.6. The summed E-state index contributed by atoms with van der Waals surface area (Å²) in [6, 6.07) is 6.79. The number of thioether (sulfide) groups is 1. The summed E-state index contributed by atoms with van der Waals surface area (Å²) in [5.41, 5.74) is 3.64. The molecule has 0 fully saturated rings. The van der Waals surface area contributed by atoms with Crippen LogP contribution in [0.1, 0.15) is 65.9 Å². The number of aliphatic imine (C=N–C) groups is 1. The van der Waals surface area contributed by atoms with Crippen molar-refractivity contribution in [1.82, 2.24) is 0 Å². The Labute approximate surface area is 165 Å². The average molecular weight is 380 g/mol. The van der Waals surface area contributed by atoms with Gasteiger partial charge < -0.3 is 0 Å². The van der Waals surface area contributed by atoms with E-state index in [4.69, 9.17) is 0 Å². The maximum absolute atomic E-state index is 13.6. The van der Waals surface area contributed by atoms with Gasteiger partial charge in [0.05, 0.1) is 0 Å². The minimum absolute atomic E-state index is 0.193. The molecule has 1 aromatic rings. The first-order valence-corrected chi connectivity index (χ1v) is 11.2. The minimum Gasteiger partial charge on any atom is -0.258 e. The lowest BCUT2D eigenvalue weighted by Gasteiger charge is -2.08. The highest BCUT2D eigenvalue weighted by molar-refractivity contribution is 7.97. The maximum Gasteiger partial charge on any atom is 0.126 e. The molecule has 0 saturated heterocycles. The van der Waals surface area contributed by atoms with Crippen molar-refractivity contribution in [3.05, 3.63) is 59.6 Å². The molecule has 0 aliphatic carbocycles. The van der Waals surface area contributed by atoms with Gasteiger partial charge in [0.15, 0.2) is 0 Å². The predicted molar refractivity (Wildman–Crippen MR) is 121 cm³/mol. The van der Waals surface area contributed by atoms with E-state index in [0.29, 0.717) is 17.7 Å². The summed E-state index contributed by atoms with van der Waals surface area (Å²) in [7, 11) is 0. The Hall–Kier alpha value is -1.35. The fourth-order valence-corrected chi connectivity index (χ4v) is 2.23. The van der Waals surface area contributed by atoms with Crippen molar-refractivity contribution in [2.75, 3.05) is 12.5 Å². The van der Waals surface area contributed by atoms with Crippen LogP contribution in [-0.2, 0) is 6.42 Å². The summed E-state index contributed by atoms with van der Waals surface area (Å²) in [6.07, 6.45) is 11.1. The Morgan fingerprint density at radius 1 is 1.15 bits per heavy atom. The summed E-state index contributed by atoms with van der Waals surface area (Å²) in [4.78, 5) is 4.57. The van der Waals surface area contributed by atoms with Crippen molar-refractivity contribution in [2.24, 2.45) is 4.99 Å². The first kappa shape index (κ1) is 26.9. The Morgan fingerprint density at radius 3 is 2.23 bits per heavy atom. The smallest absolute Gasteiger partial charge is 0.126 e. The van der Waals surface area contributed by atoms with E-state index < -0.39 is 0 Å². The van der Waals surface area contributed by atoms with E-state index in [2.05, 4.69) is 31.5 Å². The lowest BCUT2D eigenvalue weighted by atomic mass is 10.0. The number of halogens is 1. The highest BCUT2D eigenvalue weighted by Gasteiger charge is 2.05. The largest absolute Gasteiger partial charge is 0.258 e. The van der Waals surface area contributed by atoms with Gasteiger partial charge in [-0.1, -0.05) is 71.4 Å². The number of hydrogen-bond acceptors (Lipinski definition) is 2. The third kappa shape index (κ3) is 12.9. The van der Waals surface area contributed by atoms with Gasteiger partial charge in [-0.2, -0.15) is 11.8 Å². The van der Waals surface area contributed by atoms with Gasteiger partial charge in [-0.3, -0.25) is 4.99 Å². The molecule has 1 nitrogen and oxygen atoms in total. The molecule has 0 amide bonds. The molecule has 0 atom stereocenters. The lowest BCUT2D eigenvalue weighted by Crippen LogP contribution is -2.00. The molecule has 3 heteroatoms. The van der Waals surface area contributed by atoms with E-state index >= 15 is 0 Å². The fraction of sp³-hybridized carbons (Fsp3) is 0.522. The number of unbranched alkanes of at least 4 members (excludes halogenated alkanes) is 1. The first-order chi connectivity index (χ1) is 12.5. The third-order valence-corrected chi connectivity index (χ3v) is 3.34. The Balaban J connectivity index is 0. The van der Waals surface area contributed by atoms with Crippen molar-refractivity contribution in [3.8, 4) is 0 Å². The van der Waals surface area contributed by atoms with Crippen LogP contribution in [0.25, 0.3) is 0 Å². The topological polar surface area (TPSA) is 12.4 Å². The van der Waals surface area contributed by atoms with Gasteiger partial charge in [0.2, 0.25) is 0 Å². The fourth-order valence-electron chi connectivity index (χ4n) is 2.23. The monoisotopic (exact) mass is 379 g/mol. The number of hydrogen-bond donors (Lipinski definition) is 0. The van der Waals surface area contributed by atoms with Crippen LogP contribution in [-0.4, -0.2) is 18.2 Å². The second-order valence-corrected chi connectivity index (χ2v) is 6.52. The molecule has 0 radical (unpaired) electrons. The molecule has 0 heterocycles. The van der Waals surface area contributed by atoms with E-state index in [0.717, 1.165) is 31.4 Å². The van der Waals surface area contributed by atoms with Crippen LogP contribution in [0.5, 0.6) is 0 Å². The van der Waals surface area contributed by atoms with Crippen LogP contribution in [0.4, 0.5) is 4.39 Å². The third-order valence-electron chi connectivity index (χ3n) is 3.34. The highest BCUT2D eigenvalue weighted by atomic mass is 32.2. The van der Waals surface area contributed by atoms with Gasteiger partial charge in [-0.25, -0.2) is 4.39 Å². The summed E-state index contributed by atoms with van der Waals surface area (Å²) in [6.45, 7) is 14.3. The van der Waals surface area contributed by atoms with Crippen molar-refractivity contribution < 1.29 is 4.39 Å². The van der Waals surface area contributed by atoms with Crippen molar-refractivity contribution in [1.29, 1.82) is 0 Å². The molecule has 0 aliphatic rings. The highest BCUT2D eigenvalue weighted by Crippen LogP contribution is 2.15. The molecule has 1 rings (SSSR count). The molecular formula is C23H38FNS. The summed E-state index contributed by atoms with van der Waals surface area (Å²) in [5, 5.41) is 0. The van der Waals surface area contributed by atoms with Crippen LogP contribution < -0.4 is 0 Å². The van der Waals surface area contributed by atoms with Crippen molar-refractivity contribution in [2.45, 2.75) is 66.7 Å². The summed E-state index contributed by atoms with van der Waals surface area (Å²) < 4.78 is 13.6. The SMILES string of the molecule is C=C(Cc1ccccc1F)N=C(C)/C(=C\CCC)CCC.CC.CSC. The summed E-state index contributed by atoms with van der Waals surface area (Å²) >= 11 is 1.75. The zero-order chi connectivity index (χ0) is 20.4. The van der Waals surface area contributed by atoms with Crippen LogP contribution in [0.15, 0.2) is 53.2 Å². The van der Waals surface area contributed by atoms with Crippen molar-refractivity contribution >= 4 is 17.5 Å². The second kappa shape index (κ2) is 18.4. The molecule has 0 saturated carbocycles. The predicted octanol–water partition coefficient (Wildman–Crippen LogP) is 7.87. The second-order valence-electron chi connectivity index (χ2n) is 5.71. The number of rotatable bonds is 8. The zero-order valence-corrected chi connectivity index (χ0v) is 18.7. The van der Waals surface area contributed by atoms with Gasteiger partial charge in [-0.05, 0) is 49.5 Å². The number of nitrogens with zero attached hydrogens (tertiary/aromatic N) is 1. The molecule has 0 unspecified atom stereocenters. The Bertz CT molecular complexity index is 547. The molecule has 0 aliphatic heterocycles. The molecule has 148 valence electrons. The van der Waals surface area contributed by atoms with E-state index in [1.807, 2.05) is 39.3 Å². The van der Waals surface area contributed by atoms with E-state index in [1.165, 1.54) is 11.6 Å². The van der Waals surface area contributed by atoms with E-state index in [1.54, 1.807) is 23.9 Å². The van der Waals surface area contributed by atoms with E-state index in [9.17, 15) is 4.39 Å². The molecule has 1 aromatic carbocycles. The number of allylic oxidation sites excluding steroid dienone is 3. The van der Waals surface area contributed by atoms with Crippen LogP contribution in [0.2, 0.25) is 0 Å². The molecule has 0 aromatic heterocycles. The Kier molecular flexibility index (Phi) is 19.1. The first-order valence-electron chi connectivity index (χ1n) is 9.56. The normalized spacial score (nSPS) is 11.1. The average Bonchev–Trinajstić information content (AvgIpc) is 2.63. The van der Waals surface area contributed by atoms with Gasteiger partial charge in [0.25, 0.3) is 0 Å². The van der Waals surface area contributed by atoms with Crippen LogP contribution in [0.3, 0.4) is 0 Å². The molecule has 0 spiro atoms. The molecule has 0 N–H and O–H groups in total. The van der Waals surface area contributed by atoms with E-state index in [-0.39, 0.29) is 5.82 Å². The summed E-state index contributed by atoms with van der Waals surface area (Å²) in [5.74, 6) is -0.193. The standard InChI is InChI=1S/C19H26FN.C2H6S.C2H6/c1-5-7-11-17(10-6-2)16(4)21-15(3)14-18-12-8-9-13-19(18)20;1-3-2;1-2/h8-9,11-13H,3,5-7,10,14H2,1-2,4H3;1-2H3;1-2H3/b17-11-,21-16?;;. The Morgan fingerprint density at radius 2 is 1.73 bits per heavy atom. The van der Waals surface area contributed by atoms with Gasteiger partial charge >= 0.3 is 0 Å². The lowest BCUT2D eigenvalue weighted by molar-refractivity contribution is 0.613. The quantitative estimate of drug-likeness (QED) is 0.418. The minimum atomic E-state index is -0.193. The van der Waals surface area contributed by atoms with Crippen molar-refractivity contribution in [3.63, 3.8) is 0 Å². The molecular weight excluding hydrogens is 341 g/mol. The molecule has 0 bridgehead atoms.